The van der Waals surface area contributed by atoms with Crippen molar-refractivity contribution in [1.29, 1.82) is 0 Å². The van der Waals surface area contributed by atoms with Gasteiger partial charge in [-0.25, -0.2) is 4.79 Å². The van der Waals surface area contributed by atoms with Crippen LogP contribution in [0.2, 0.25) is 0 Å². The van der Waals surface area contributed by atoms with Crippen molar-refractivity contribution in [3.8, 4) is 5.75 Å². The number of carbonyl (C=O) groups excluding carboxylic acids is 1. The highest BCUT2D eigenvalue weighted by Crippen LogP contribution is 2.13. The van der Waals surface area contributed by atoms with Gasteiger partial charge in [-0.2, -0.15) is 0 Å². The van der Waals surface area contributed by atoms with Crippen LogP contribution in [0.25, 0.3) is 0 Å². The average Bonchev–Trinajstić information content (AvgIpc) is 2.42. The lowest BCUT2D eigenvalue weighted by atomic mass is 10.0. The number of hydrogen-bond acceptors (Lipinski definition) is 3. The number of benzene rings is 1. The van der Waals surface area contributed by atoms with Crippen LogP contribution < -0.4 is 10.1 Å². The van der Waals surface area contributed by atoms with Gasteiger partial charge in [-0.15, -0.1) is 0 Å². The second kappa shape index (κ2) is 7.33. The van der Waals surface area contributed by atoms with Gasteiger partial charge in [0.25, 0.3) is 5.91 Å². The molecule has 5 heteroatoms. The number of amides is 1. The van der Waals surface area contributed by atoms with Gasteiger partial charge < -0.3 is 15.2 Å². The number of nitrogens with one attached hydrogen (secondary N) is 1. The Morgan fingerprint density at radius 3 is 2.40 bits per heavy atom. The van der Waals surface area contributed by atoms with E-state index in [1.807, 2.05) is 0 Å². The predicted molar refractivity (Wildman–Crippen MR) is 75.9 cm³/mol. The van der Waals surface area contributed by atoms with Crippen molar-refractivity contribution in [3.63, 3.8) is 0 Å². The van der Waals surface area contributed by atoms with Crippen LogP contribution >= 0.6 is 0 Å². The number of hydrogen-bond donors (Lipinski definition) is 2. The second-order valence-corrected chi connectivity index (χ2v) is 4.66. The normalized spacial score (nSPS) is 11.8. The molecule has 1 unspecified atom stereocenters. The molecule has 0 heterocycles. The summed E-state index contributed by atoms with van der Waals surface area (Å²) in [5.74, 6) is -1.02. The van der Waals surface area contributed by atoms with E-state index in [0.29, 0.717) is 17.9 Å². The molecule has 0 spiro atoms. The zero-order valence-corrected chi connectivity index (χ0v) is 11.6. The van der Waals surface area contributed by atoms with Crippen molar-refractivity contribution in [2.24, 2.45) is 5.92 Å². The molecule has 0 bridgehead atoms. The Morgan fingerprint density at radius 2 is 1.95 bits per heavy atom. The summed E-state index contributed by atoms with van der Waals surface area (Å²) < 4.78 is 5.30. The number of carbonyl (C=O) groups is 2. The maximum atomic E-state index is 12.0. The first-order chi connectivity index (χ1) is 9.45. The molecule has 0 aromatic heterocycles. The van der Waals surface area contributed by atoms with Gasteiger partial charge in [0.05, 0.1) is 0 Å². The maximum absolute atomic E-state index is 12.0. The third-order valence-electron chi connectivity index (χ3n) is 2.70. The molecule has 5 nitrogen and oxygen atoms in total. The molecule has 1 aromatic carbocycles. The van der Waals surface area contributed by atoms with Crippen LogP contribution in [0.3, 0.4) is 0 Å². The molecule has 108 valence electrons. The summed E-state index contributed by atoms with van der Waals surface area (Å²) in [5, 5.41) is 11.5. The Balaban J connectivity index is 2.72. The van der Waals surface area contributed by atoms with Gasteiger partial charge in [-0.1, -0.05) is 26.5 Å². The third kappa shape index (κ3) is 4.42. The summed E-state index contributed by atoms with van der Waals surface area (Å²) in [5.41, 5.74) is 0.392. The number of carboxylic acids is 1. The van der Waals surface area contributed by atoms with Gasteiger partial charge in [-0.05, 0) is 30.2 Å². The van der Waals surface area contributed by atoms with Crippen molar-refractivity contribution in [2.75, 3.05) is 6.61 Å². The van der Waals surface area contributed by atoms with Crippen LogP contribution in [0.4, 0.5) is 0 Å². The molecule has 0 aliphatic heterocycles. The fourth-order valence-electron chi connectivity index (χ4n) is 1.60. The van der Waals surface area contributed by atoms with E-state index in [9.17, 15) is 9.59 Å². The summed E-state index contributed by atoms with van der Waals surface area (Å²) in [6, 6.07) is 5.59. The van der Waals surface area contributed by atoms with Crippen molar-refractivity contribution in [3.05, 3.63) is 42.5 Å². The van der Waals surface area contributed by atoms with E-state index < -0.39 is 17.9 Å². The summed E-state index contributed by atoms with van der Waals surface area (Å²) >= 11 is 0. The molecule has 1 aromatic rings. The molecule has 1 atom stereocenters. The molecule has 1 rings (SSSR count). The highest BCUT2D eigenvalue weighted by molar-refractivity contribution is 5.96. The van der Waals surface area contributed by atoms with Gasteiger partial charge in [0.1, 0.15) is 18.4 Å². The Morgan fingerprint density at radius 1 is 1.35 bits per heavy atom. The minimum absolute atomic E-state index is 0.188. The molecule has 0 saturated carbocycles. The Labute approximate surface area is 118 Å². The molecule has 1 amide bonds. The molecule has 20 heavy (non-hydrogen) atoms. The quantitative estimate of drug-likeness (QED) is 0.748. The van der Waals surface area contributed by atoms with Gasteiger partial charge in [0.15, 0.2) is 0 Å². The largest absolute Gasteiger partial charge is 0.490 e. The minimum atomic E-state index is -1.04. The van der Waals surface area contributed by atoms with Crippen LogP contribution in [0, 0.1) is 5.92 Å². The first kappa shape index (κ1) is 15.8. The lowest BCUT2D eigenvalue weighted by molar-refractivity contribution is -0.140. The highest BCUT2D eigenvalue weighted by atomic mass is 16.5. The topological polar surface area (TPSA) is 75.6 Å². The molecular formula is C15H19NO4. The maximum Gasteiger partial charge on any atom is 0.326 e. The number of carboxylic acid groups (broad SMARTS) is 1. The highest BCUT2D eigenvalue weighted by Gasteiger charge is 2.23. The van der Waals surface area contributed by atoms with E-state index in [-0.39, 0.29) is 5.92 Å². The van der Waals surface area contributed by atoms with E-state index >= 15 is 0 Å². The second-order valence-electron chi connectivity index (χ2n) is 4.66. The van der Waals surface area contributed by atoms with E-state index in [4.69, 9.17) is 9.84 Å². The standard InChI is InChI=1S/C15H19NO4/c1-4-9-20-12-7-5-11(6-8-12)14(17)16-13(10(2)3)15(18)19/h4-8,10,13H,1,9H2,2-3H3,(H,16,17)(H,18,19). The average molecular weight is 277 g/mol. The smallest absolute Gasteiger partial charge is 0.326 e. The molecule has 0 fully saturated rings. The first-order valence-corrected chi connectivity index (χ1v) is 6.33. The van der Waals surface area contributed by atoms with Crippen LogP contribution in [0.1, 0.15) is 24.2 Å². The molecule has 0 aliphatic rings. The van der Waals surface area contributed by atoms with Crippen LogP contribution in [0.15, 0.2) is 36.9 Å². The van der Waals surface area contributed by atoms with Gasteiger partial charge >= 0.3 is 5.97 Å². The van der Waals surface area contributed by atoms with E-state index in [1.54, 1.807) is 44.2 Å². The Kier molecular flexibility index (Phi) is 5.77. The van der Waals surface area contributed by atoms with E-state index in [2.05, 4.69) is 11.9 Å². The number of rotatable bonds is 7. The van der Waals surface area contributed by atoms with Crippen LogP contribution in [0.5, 0.6) is 5.75 Å². The SMILES string of the molecule is C=CCOc1ccc(C(=O)NC(C(=O)O)C(C)C)cc1. The molecule has 0 radical (unpaired) electrons. The van der Waals surface area contributed by atoms with Crippen molar-refractivity contribution < 1.29 is 19.4 Å². The summed E-state index contributed by atoms with van der Waals surface area (Å²) in [4.78, 5) is 23.0. The molecular weight excluding hydrogens is 258 g/mol. The minimum Gasteiger partial charge on any atom is -0.490 e. The zero-order valence-electron chi connectivity index (χ0n) is 11.6. The number of ether oxygens (including phenoxy) is 1. The van der Waals surface area contributed by atoms with Gasteiger partial charge in [-0.3, -0.25) is 4.79 Å². The fraction of sp³-hybridized carbons (Fsp3) is 0.333. The third-order valence-corrected chi connectivity index (χ3v) is 2.70. The van der Waals surface area contributed by atoms with Crippen molar-refractivity contribution >= 4 is 11.9 Å². The zero-order chi connectivity index (χ0) is 15.1. The lowest BCUT2D eigenvalue weighted by Crippen LogP contribution is -2.44. The van der Waals surface area contributed by atoms with Crippen molar-refractivity contribution in [1.82, 2.24) is 5.32 Å². The van der Waals surface area contributed by atoms with Crippen LogP contribution in [-0.2, 0) is 4.79 Å². The molecule has 2 N–H and O–H groups in total. The van der Waals surface area contributed by atoms with Crippen molar-refractivity contribution in [2.45, 2.75) is 19.9 Å². The van der Waals surface area contributed by atoms with Gasteiger partial charge in [0, 0.05) is 5.56 Å². The fourth-order valence-corrected chi connectivity index (χ4v) is 1.60. The lowest BCUT2D eigenvalue weighted by Gasteiger charge is -2.17. The Hall–Kier alpha value is -2.30. The first-order valence-electron chi connectivity index (χ1n) is 6.33. The summed E-state index contributed by atoms with van der Waals surface area (Å²) in [6.45, 7) is 7.41. The van der Waals surface area contributed by atoms with Gasteiger partial charge in [0.2, 0.25) is 0 Å². The molecule has 0 aliphatic carbocycles. The molecule has 0 saturated heterocycles. The summed E-state index contributed by atoms with van der Waals surface area (Å²) in [7, 11) is 0. The predicted octanol–water partition coefficient (Wildman–Crippen LogP) is 2.09. The number of aliphatic carboxylic acids is 1. The summed E-state index contributed by atoms with van der Waals surface area (Å²) in [6.07, 6.45) is 1.63. The van der Waals surface area contributed by atoms with E-state index in [0.717, 1.165) is 0 Å². The van der Waals surface area contributed by atoms with Crippen LogP contribution in [-0.4, -0.2) is 29.6 Å². The van der Waals surface area contributed by atoms with E-state index in [1.165, 1.54) is 0 Å². The Bertz CT molecular complexity index is 479. The monoisotopic (exact) mass is 277 g/mol.